The van der Waals surface area contributed by atoms with Gasteiger partial charge in [-0.2, -0.15) is 4.98 Å². The number of carbonyl (C=O) groups excluding carboxylic acids is 5. The van der Waals surface area contributed by atoms with Crippen molar-refractivity contribution in [1.29, 1.82) is 0 Å². The molecule has 1 saturated carbocycles. The number of amides is 2. The number of rotatable bonds is 10. The minimum absolute atomic E-state index is 0.0106. The topological polar surface area (TPSA) is 180 Å². The summed E-state index contributed by atoms with van der Waals surface area (Å²) in [5.74, 6) is -0.786. The Labute approximate surface area is 331 Å². The molecule has 56 heavy (non-hydrogen) atoms. The highest BCUT2D eigenvalue weighted by Gasteiger charge is 2.44. The number of piperidine rings is 1. The number of carbonyl (C=O) groups is 5. The summed E-state index contributed by atoms with van der Waals surface area (Å²) < 4.78 is 2.45. The smallest absolute Gasteiger partial charge is 0.263 e. The maximum Gasteiger partial charge on any atom is 0.263 e. The zero-order valence-corrected chi connectivity index (χ0v) is 32.8. The molecule has 1 aromatic carbocycles. The second-order valence-electron chi connectivity index (χ2n) is 15.1. The molecule has 0 radical (unpaired) electrons. The van der Waals surface area contributed by atoms with E-state index in [1.807, 2.05) is 30.5 Å². The Bertz CT molecular complexity index is 2330. The Balaban J connectivity index is 0.930. The number of halogens is 1. The molecule has 4 aromatic rings. The van der Waals surface area contributed by atoms with Gasteiger partial charge < -0.3 is 10.2 Å². The lowest BCUT2D eigenvalue weighted by Crippen LogP contribution is -2.52. The first-order valence-electron chi connectivity index (χ1n) is 19.0. The average molecular weight is 825 g/mol. The molecule has 0 bridgehead atoms. The lowest BCUT2D eigenvalue weighted by atomic mass is 9.97. The molecule has 290 valence electrons. The molecule has 8 rings (SSSR count). The number of Topliss-reactive ketones (excluding diaryl/α,β-unsaturated/α-hetero) is 2. The Hall–Kier alpha value is -5.19. The minimum atomic E-state index is -0.903. The monoisotopic (exact) mass is 823 g/mol. The summed E-state index contributed by atoms with van der Waals surface area (Å²) in [6, 6.07) is 6.27. The number of aromatic nitrogens is 4. The van der Waals surface area contributed by atoms with Crippen LogP contribution in [0.25, 0.3) is 11.0 Å². The molecule has 2 atom stereocenters. The van der Waals surface area contributed by atoms with Gasteiger partial charge in [-0.3, -0.25) is 48.5 Å². The molecule has 6 heterocycles. The summed E-state index contributed by atoms with van der Waals surface area (Å²) >= 11 is 3.76. The SMILES string of the molecule is CC(=O)c1c(C)c2cnc(Nc3ccc(N4CCN(Cc5ccc6c(c5Br)C(C(=O)C=O)N(C5CCC(=O)NC5=O)C6)CC4)cn3)nc2n(C2CCCC2)c1=O. The summed E-state index contributed by atoms with van der Waals surface area (Å²) in [5.41, 5.74) is 4.55. The highest BCUT2D eigenvalue weighted by atomic mass is 79.9. The zero-order chi connectivity index (χ0) is 39.2. The second kappa shape index (κ2) is 15.4. The van der Waals surface area contributed by atoms with Gasteiger partial charge >= 0.3 is 0 Å². The molecule has 2 amide bonds. The third-order valence-electron chi connectivity index (χ3n) is 11.7. The zero-order valence-electron chi connectivity index (χ0n) is 31.2. The number of pyridine rings is 2. The number of piperazine rings is 1. The van der Waals surface area contributed by atoms with Crippen molar-refractivity contribution in [2.24, 2.45) is 0 Å². The van der Waals surface area contributed by atoms with Gasteiger partial charge in [0.15, 0.2) is 12.1 Å². The average Bonchev–Trinajstić information content (AvgIpc) is 3.85. The van der Waals surface area contributed by atoms with Crippen molar-refractivity contribution in [3.63, 3.8) is 0 Å². The van der Waals surface area contributed by atoms with Crippen LogP contribution in [0, 0.1) is 6.92 Å². The summed E-state index contributed by atoms with van der Waals surface area (Å²) in [6.45, 7) is 7.24. The molecule has 4 aliphatic rings. The molecule has 1 aliphatic carbocycles. The lowest BCUT2D eigenvalue weighted by Gasteiger charge is -2.36. The molecule has 3 fully saturated rings. The normalized spacial score (nSPS) is 20.7. The van der Waals surface area contributed by atoms with E-state index in [0.717, 1.165) is 73.1 Å². The van der Waals surface area contributed by atoms with Gasteiger partial charge in [-0.15, -0.1) is 0 Å². The van der Waals surface area contributed by atoms with Crippen LogP contribution in [0.4, 0.5) is 17.5 Å². The predicted octanol–water partition coefficient (Wildman–Crippen LogP) is 4.07. The van der Waals surface area contributed by atoms with Crippen LogP contribution in [-0.4, -0.2) is 91.2 Å². The number of anilines is 3. The van der Waals surface area contributed by atoms with E-state index in [2.05, 4.69) is 46.3 Å². The first kappa shape index (κ1) is 37.7. The van der Waals surface area contributed by atoms with Gasteiger partial charge in [0.2, 0.25) is 23.5 Å². The highest BCUT2D eigenvalue weighted by Crippen LogP contribution is 2.43. The van der Waals surface area contributed by atoms with Crippen molar-refractivity contribution in [2.75, 3.05) is 36.4 Å². The molecule has 0 spiro atoms. The number of hydrogen-bond donors (Lipinski definition) is 2. The Morgan fingerprint density at radius 3 is 2.45 bits per heavy atom. The van der Waals surface area contributed by atoms with Crippen LogP contribution < -0.4 is 21.1 Å². The predicted molar refractivity (Wildman–Crippen MR) is 211 cm³/mol. The third-order valence-corrected chi connectivity index (χ3v) is 12.6. The maximum absolute atomic E-state index is 13.6. The molecule has 15 nitrogen and oxygen atoms in total. The van der Waals surface area contributed by atoms with E-state index in [4.69, 9.17) is 4.98 Å². The number of aryl methyl sites for hydroxylation is 1. The number of fused-ring (bicyclic) bond motifs is 2. The van der Waals surface area contributed by atoms with Gasteiger partial charge in [-0.1, -0.05) is 40.9 Å². The van der Waals surface area contributed by atoms with E-state index < -0.39 is 23.8 Å². The number of hydrogen-bond acceptors (Lipinski definition) is 13. The van der Waals surface area contributed by atoms with Crippen LogP contribution in [0.2, 0.25) is 0 Å². The van der Waals surface area contributed by atoms with E-state index in [1.54, 1.807) is 22.6 Å². The van der Waals surface area contributed by atoms with Crippen molar-refractivity contribution in [2.45, 2.75) is 83.6 Å². The van der Waals surface area contributed by atoms with Crippen molar-refractivity contribution in [3.8, 4) is 0 Å². The fourth-order valence-electron chi connectivity index (χ4n) is 8.82. The number of benzene rings is 1. The second-order valence-corrected chi connectivity index (χ2v) is 15.9. The Morgan fingerprint density at radius 1 is 1.00 bits per heavy atom. The molecule has 2 unspecified atom stereocenters. The minimum Gasteiger partial charge on any atom is -0.368 e. The largest absolute Gasteiger partial charge is 0.368 e. The van der Waals surface area contributed by atoms with E-state index in [0.29, 0.717) is 59.7 Å². The Kier molecular flexibility index (Phi) is 10.4. The molecule has 2 saturated heterocycles. The Morgan fingerprint density at radius 2 is 1.77 bits per heavy atom. The van der Waals surface area contributed by atoms with Crippen molar-refractivity contribution >= 4 is 74.1 Å². The number of aldehydes is 1. The summed E-state index contributed by atoms with van der Waals surface area (Å²) in [5, 5.41) is 6.25. The van der Waals surface area contributed by atoms with Gasteiger partial charge in [0.05, 0.1) is 23.5 Å². The fraction of sp³-hybridized carbons (Fsp3) is 0.425. The molecule has 3 aliphatic heterocycles. The first-order chi connectivity index (χ1) is 27.0. The summed E-state index contributed by atoms with van der Waals surface area (Å²) in [7, 11) is 0. The van der Waals surface area contributed by atoms with E-state index >= 15 is 0 Å². The standard InChI is InChI=1S/C40H42BrN9O6/c1-22-28-18-43-40(46-37(28)50(26-5-3-4-6-26)39(56)33(22)23(2)52)44-31-11-9-27(17-42-31)48-15-13-47(14-16-48)19-25-8-7-24-20-49(29-10-12-32(54)45-38(29)55)36(30(53)21-51)34(24)35(25)41/h7-9,11,17-18,21,26,29,36H,3-6,10,12-16,19-20H2,1-2H3,(H,45,54,55)(H,42,43,44,46). The highest BCUT2D eigenvalue weighted by molar-refractivity contribution is 9.10. The van der Waals surface area contributed by atoms with Crippen molar-refractivity contribution < 1.29 is 24.0 Å². The van der Waals surface area contributed by atoms with Crippen LogP contribution in [0.15, 0.2) is 45.9 Å². The van der Waals surface area contributed by atoms with E-state index in [9.17, 15) is 28.8 Å². The van der Waals surface area contributed by atoms with Crippen LogP contribution in [0.3, 0.4) is 0 Å². The number of nitrogens with one attached hydrogen (secondary N) is 2. The molecule has 3 aromatic heterocycles. The van der Waals surface area contributed by atoms with Crippen LogP contribution in [0.5, 0.6) is 0 Å². The summed E-state index contributed by atoms with van der Waals surface area (Å²) in [4.78, 5) is 95.6. The summed E-state index contributed by atoms with van der Waals surface area (Å²) in [6.07, 6.45) is 8.05. The molecular formula is C40H42BrN9O6. The van der Waals surface area contributed by atoms with Crippen molar-refractivity contribution in [3.05, 3.63) is 79.3 Å². The van der Waals surface area contributed by atoms with Gasteiger partial charge in [0.25, 0.3) is 5.56 Å². The maximum atomic E-state index is 13.6. The van der Waals surface area contributed by atoms with Crippen LogP contribution >= 0.6 is 15.9 Å². The van der Waals surface area contributed by atoms with Gasteiger partial charge in [0, 0.05) is 67.8 Å². The molecule has 2 N–H and O–H groups in total. The number of ketones is 2. The fourth-order valence-corrected chi connectivity index (χ4v) is 9.55. The first-order valence-corrected chi connectivity index (χ1v) is 19.8. The van der Waals surface area contributed by atoms with E-state index in [-0.39, 0.29) is 35.3 Å². The number of nitrogens with zero attached hydrogens (tertiary/aromatic N) is 7. The molecular weight excluding hydrogens is 782 g/mol. The van der Waals surface area contributed by atoms with Crippen LogP contribution in [-0.2, 0) is 32.3 Å². The quantitative estimate of drug-likeness (QED) is 0.101. The molecule has 16 heteroatoms. The number of imide groups is 1. The van der Waals surface area contributed by atoms with E-state index in [1.165, 1.54) is 6.92 Å². The van der Waals surface area contributed by atoms with Gasteiger partial charge in [-0.25, -0.2) is 9.97 Å². The van der Waals surface area contributed by atoms with Gasteiger partial charge in [0.1, 0.15) is 17.5 Å². The van der Waals surface area contributed by atoms with Crippen LogP contribution in [0.1, 0.15) is 90.1 Å². The lowest BCUT2D eigenvalue weighted by molar-refractivity contribution is -0.141. The van der Waals surface area contributed by atoms with Crippen molar-refractivity contribution in [1.82, 2.24) is 34.6 Å². The van der Waals surface area contributed by atoms with Gasteiger partial charge in [-0.05, 0) is 67.5 Å². The third kappa shape index (κ3) is 6.94.